The third-order valence-corrected chi connectivity index (χ3v) is 3.31. The van der Waals surface area contributed by atoms with E-state index in [1.54, 1.807) is 0 Å². The molecule has 1 heterocycles. The standard InChI is InChI=1S/C13H18N2S/c1-9(2)15-7-11(8-16)12-5-3-4-10(6-14)13(12)15/h3-5,7,9,16H,6,8,14H2,1-2H3. The molecule has 2 nitrogen and oxygen atoms in total. The highest BCUT2D eigenvalue weighted by molar-refractivity contribution is 7.79. The molecule has 0 aliphatic rings. The van der Waals surface area contributed by atoms with E-state index in [1.165, 1.54) is 22.0 Å². The Hall–Kier alpha value is -0.930. The first kappa shape index (κ1) is 11.6. The van der Waals surface area contributed by atoms with Crippen molar-refractivity contribution in [1.82, 2.24) is 4.57 Å². The molecule has 0 amide bonds. The van der Waals surface area contributed by atoms with Gasteiger partial charge < -0.3 is 10.3 Å². The van der Waals surface area contributed by atoms with Crippen molar-refractivity contribution >= 4 is 23.5 Å². The second-order valence-electron chi connectivity index (χ2n) is 4.33. The quantitative estimate of drug-likeness (QED) is 0.786. The van der Waals surface area contributed by atoms with Crippen molar-refractivity contribution in [2.75, 3.05) is 0 Å². The van der Waals surface area contributed by atoms with Gasteiger partial charge in [0.2, 0.25) is 0 Å². The van der Waals surface area contributed by atoms with Crippen LogP contribution in [0.15, 0.2) is 24.4 Å². The lowest BCUT2D eigenvalue weighted by molar-refractivity contribution is 0.620. The average Bonchev–Trinajstić information content (AvgIpc) is 2.67. The van der Waals surface area contributed by atoms with Crippen LogP contribution in [0.3, 0.4) is 0 Å². The van der Waals surface area contributed by atoms with Gasteiger partial charge in [-0.25, -0.2) is 0 Å². The molecular weight excluding hydrogens is 216 g/mol. The van der Waals surface area contributed by atoms with Crippen LogP contribution in [0.1, 0.15) is 31.0 Å². The first-order valence-electron chi connectivity index (χ1n) is 5.61. The minimum atomic E-state index is 0.448. The summed E-state index contributed by atoms with van der Waals surface area (Å²) in [5.41, 5.74) is 9.56. The van der Waals surface area contributed by atoms with E-state index in [1.807, 2.05) is 0 Å². The number of rotatable bonds is 3. The third-order valence-electron chi connectivity index (χ3n) is 2.97. The molecule has 2 N–H and O–H groups in total. The van der Waals surface area contributed by atoms with Crippen LogP contribution in [-0.4, -0.2) is 4.57 Å². The van der Waals surface area contributed by atoms with Crippen molar-refractivity contribution < 1.29 is 0 Å². The molecule has 0 fully saturated rings. The van der Waals surface area contributed by atoms with Crippen LogP contribution in [0.2, 0.25) is 0 Å². The maximum Gasteiger partial charge on any atom is 0.0531 e. The van der Waals surface area contributed by atoms with E-state index in [-0.39, 0.29) is 0 Å². The van der Waals surface area contributed by atoms with Crippen LogP contribution in [0.5, 0.6) is 0 Å². The zero-order valence-corrected chi connectivity index (χ0v) is 10.7. The van der Waals surface area contributed by atoms with Gasteiger partial charge in [-0.15, -0.1) is 0 Å². The molecule has 1 aromatic heterocycles. The Kier molecular flexibility index (Phi) is 3.26. The summed E-state index contributed by atoms with van der Waals surface area (Å²) >= 11 is 4.39. The molecule has 0 saturated carbocycles. The molecule has 0 aliphatic heterocycles. The van der Waals surface area contributed by atoms with Crippen LogP contribution >= 0.6 is 12.6 Å². The third kappa shape index (κ3) is 1.74. The molecule has 86 valence electrons. The summed E-state index contributed by atoms with van der Waals surface area (Å²) in [4.78, 5) is 0. The predicted octanol–water partition coefficient (Wildman–Crippen LogP) is 3.11. The second kappa shape index (κ2) is 4.52. The van der Waals surface area contributed by atoms with Gasteiger partial charge in [0, 0.05) is 29.9 Å². The van der Waals surface area contributed by atoms with Gasteiger partial charge in [-0.05, 0) is 25.0 Å². The van der Waals surface area contributed by atoms with E-state index < -0.39 is 0 Å². The Balaban J connectivity index is 2.80. The molecule has 0 spiro atoms. The number of aromatic nitrogens is 1. The summed E-state index contributed by atoms with van der Waals surface area (Å²) in [7, 11) is 0. The largest absolute Gasteiger partial charge is 0.344 e. The van der Waals surface area contributed by atoms with Gasteiger partial charge >= 0.3 is 0 Å². The number of para-hydroxylation sites is 1. The van der Waals surface area contributed by atoms with Crippen molar-refractivity contribution in [2.45, 2.75) is 32.2 Å². The summed E-state index contributed by atoms with van der Waals surface area (Å²) in [5, 5.41) is 1.28. The van der Waals surface area contributed by atoms with Crippen LogP contribution < -0.4 is 5.73 Å². The zero-order chi connectivity index (χ0) is 11.7. The summed E-state index contributed by atoms with van der Waals surface area (Å²) < 4.78 is 2.29. The SMILES string of the molecule is CC(C)n1cc(CS)c2cccc(CN)c21. The molecule has 3 heteroatoms. The predicted molar refractivity (Wildman–Crippen MR) is 72.9 cm³/mol. The maximum atomic E-state index is 5.80. The van der Waals surface area contributed by atoms with Gasteiger partial charge in [0.25, 0.3) is 0 Å². The van der Waals surface area contributed by atoms with Crippen LogP contribution in [0.25, 0.3) is 10.9 Å². The molecule has 2 rings (SSSR count). The number of hydrogen-bond donors (Lipinski definition) is 2. The Morgan fingerprint density at radius 3 is 2.62 bits per heavy atom. The van der Waals surface area contributed by atoms with Crippen molar-refractivity contribution in [3.05, 3.63) is 35.5 Å². The van der Waals surface area contributed by atoms with Crippen LogP contribution in [-0.2, 0) is 12.3 Å². The molecule has 0 atom stereocenters. The second-order valence-corrected chi connectivity index (χ2v) is 4.65. The Bertz CT molecular complexity index is 500. The number of nitrogens with zero attached hydrogens (tertiary/aromatic N) is 1. The first-order valence-corrected chi connectivity index (χ1v) is 6.24. The molecule has 2 aromatic rings. The minimum Gasteiger partial charge on any atom is -0.344 e. The number of nitrogens with two attached hydrogens (primary N) is 1. The number of hydrogen-bond acceptors (Lipinski definition) is 2. The first-order chi connectivity index (χ1) is 7.69. The normalized spacial score (nSPS) is 11.6. The average molecular weight is 234 g/mol. The summed E-state index contributed by atoms with van der Waals surface area (Å²) in [6.07, 6.45) is 2.20. The fourth-order valence-electron chi connectivity index (χ4n) is 2.16. The highest BCUT2D eigenvalue weighted by atomic mass is 32.1. The van der Waals surface area contributed by atoms with Gasteiger partial charge in [-0.3, -0.25) is 0 Å². The van der Waals surface area contributed by atoms with Crippen LogP contribution in [0, 0.1) is 0 Å². The Labute approximate surface area is 102 Å². The Morgan fingerprint density at radius 1 is 1.31 bits per heavy atom. The molecular formula is C13H18N2S. The van der Waals surface area contributed by atoms with Crippen molar-refractivity contribution in [3.63, 3.8) is 0 Å². The van der Waals surface area contributed by atoms with E-state index in [9.17, 15) is 0 Å². The summed E-state index contributed by atoms with van der Waals surface area (Å²) in [6, 6.07) is 6.77. The molecule has 0 saturated heterocycles. The Morgan fingerprint density at radius 2 is 2.06 bits per heavy atom. The van der Waals surface area contributed by atoms with E-state index in [4.69, 9.17) is 5.73 Å². The number of benzene rings is 1. The molecule has 0 unspecified atom stereocenters. The molecule has 0 aliphatic carbocycles. The molecule has 1 aromatic carbocycles. The lowest BCUT2D eigenvalue weighted by Crippen LogP contribution is -2.03. The molecule has 0 radical (unpaired) electrons. The summed E-state index contributed by atoms with van der Waals surface area (Å²) in [6.45, 7) is 4.96. The highest BCUT2D eigenvalue weighted by Gasteiger charge is 2.12. The van der Waals surface area contributed by atoms with E-state index in [0.717, 1.165) is 5.75 Å². The van der Waals surface area contributed by atoms with Gasteiger partial charge in [0.05, 0.1) is 5.52 Å². The smallest absolute Gasteiger partial charge is 0.0531 e. The lowest BCUT2D eigenvalue weighted by Gasteiger charge is -2.11. The lowest BCUT2D eigenvalue weighted by atomic mass is 10.1. The van der Waals surface area contributed by atoms with Gasteiger partial charge in [-0.2, -0.15) is 12.6 Å². The molecule has 16 heavy (non-hydrogen) atoms. The van der Waals surface area contributed by atoms with Crippen molar-refractivity contribution in [2.24, 2.45) is 5.73 Å². The monoisotopic (exact) mass is 234 g/mol. The topological polar surface area (TPSA) is 30.9 Å². The number of thiol groups is 1. The minimum absolute atomic E-state index is 0.448. The van der Waals surface area contributed by atoms with Gasteiger partial charge in [0.15, 0.2) is 0 Å². The zero-order valence-electron chi connectivity index (χ0n) is 9.77. The van der Waals surface area contributed by atoms with Crippen molar-refractivity contribution in [3.8, 4) is 0 Å². The highest BCUT2D eigenvalue weighted by Crippen LogP contribution is 2.28. The van der Waals surface area contributed by atoms with Gasteiger partial charge in [-0.1, -0.05) is 18.2 Å². The van der Waals surface area contributed by atoms with E-state index in [2.05, 4.69) is 55.4 Å². The number of fused-ring (bicyclic) bond motifs is 1. The fourth-order valence-corrected chi connectivity index (χ4v) is 2.41. The maximum absolute atomic E-state index is 5.80. The van der Waals surface area contributed by atoms with E-state index >= 15 is 0 Å². The van der Waals surface area contributed by atoms with Crippen LogP contribution in [0.4, 0.5) is 0 Å². The molecule has 0 bridgehead atoms. The van der Waals surface area contributed by atoms with E-state index in [0.29, 0.717) is 12.6 Å². The van der Waals surface area contributed by atoms with Gasteiger partial charge in [0.1, 0.15) is 0 Å². The fraction of sp³-hybridized carbons (Fsp3) is 0.385. The van der Waals surface area contributed by atoms with Crippen molar-refractivity contribution in [1.29, 1.82) is 0 Å². The summed E-state index contributed by atoms with van der Waals surface area (Å²) in [5.74, 6) is 0.768.